The van der Waals surface area contributed by atoms with Gasteiger partial charge in [-0.3, -0.25) is 9.59 Å². The topological polar surface area (TPSA) is 84.7 Å². The summed E-state index contributed by atoms with van der Waals surface area (Å²) in [4.78, 5) is 27.4. The lowest BCUT2D eigenvalue weighted by atomic mass is 9.73. The van der Waals surface area contributed by atoms with Gasteiger partial charge in [-0.2, -0.15) is 13.2 Å². The van der Waals surface area contributed by atoms with Crippen molar-refractivity contribution in [1.82, 2.24) is 10.2 Å². The van der Waals surface area contributed by atoms with Crippen LogP contribution in [0.15, 0.2) is 12.1 Å². The summed E-state index contributed by atoms with van der Waals surface area (Å²) in [5, 5.41) is 3.72. The summed E-state index contributed by atoms with van der Waals surface area (Å²) in [6.07, 6.45) is 0.0179. The highest BCUT2D eigenvalue weighted by Crippen LogP contribution is 2.47. The van der Waals surface area contributed by atoms with Crippen LogP contribution in [0.4, 0.5) is 13.2 Å². The Morgan fingerprint density at radius 3 is 2.50 bits per heavy atom. The standard InChI is InChI=1S/C25H34F3N3O3/c1-15(2)24(7-3-19(13-24)30-18-5-9-34-10-6-18)23(33)31-8-4-20-16(14-31)11-17(25(26,27)28)12-21(20)22(29)32/h11-12,15,18-19,30H,3-10,13-14H2,1-2H3,(H2,29,32)/t19-,24+/m1/s1. The second kappa shape index (κ2) is 9.49. The number of rotatable bonds is 5. The Morgan fingerprint density at radius 2 is 1.88 bits per heavy atom. The van der Waals surface area contributed by atoms with E-state index in [1.807, 2.05) is 0 Å². The normalized spacial score (nSPS) is 26.1. The zero-order chi connectivity index (χ0) is 24.7. The first-order valence-corrected chi connectivity index (χ1v) is 12.2. The highest BCUT2D eigenvalue weighted by atomic mass is 19.4. The molecule has 1 saturated heterocycles. The molecule has 1 aliphatic carbocycles. The SMILES string of the molecule is CC(C)[C@]1(C(=O)N2CCc3c(cc(C(F)(F)F)cc3C(N)=O)C2)CC[C@@H](NC2CCOCC2)C1. The molecular weight excluding hydrogens is 447 g/mol. The molecule has 9 heteroatoms. The Bertz CT molecular complexity index is 943. The molecule has 2 aliphatic heterocycles. The zero-order valence-electron chi connectivity index (χ0n) is 19.8. The summed E-state index contributed by atoms with van der Waals surface area (Å²) in [7, 11) is 0. The van der Waals surface area contributed by atoms with Crippen molar-refractivity contribution in [2.75, 3.05) is 19.8 Å². The van der Waals surface area contributed by atoms with Crippen LogP contribution in [0.3, 0.4) is 0 Å². The third-order valence-electron chi connectivity index (χ3n) is 7.99. The number of ether oxygens (including phenoxy) is 1. The number of amides is 2. The van der Waals surface area contributed by atoms with E-state index in [0.29, 0.717) is 30.1 Å². The lowest BCUT2D eigenvalue weighted by molar-refractivity contribution is -0.145. The number of carbonyl (C=O) groups excluding carboxylic acids is 2. The van der Waals surface area contributed by atoms with E-state index in [1.165, 1.54) is 0 Å². The van der Waals surface area contributed by atoms with Crippen LogP contribution in [-0.4, -0.2) is 48.6 Å². The Kier molecular flexibility index (Phi) is 6.97. The first kappa shape index (κ1) is 25.0. The highest BCUT2D eigenvalue weighted by Gasteiger charge is 2.50. The lowest BCUT2D eigenvalue weighted by Gasteiger charge is -2.40. The van der Waals surface area contributed by atoms with E-state index in [-0.39, 0.29) is 30.0 Å². The van der Waals surface area contributed by atoms with Crippen molar-refractivity contribution >= 4 is 11.8 Å². The molecule has 0 aromatic heterocycles. The number of nitrogens with zero attached hydrogens (tertiary/aromatic N) is 1. The van der Waals surface area contributed by atoms with Crippen molar-refractivity contribution in [1.29, 1.82) is 0 Å². The van der Waals surface area contributed by atoms with Crippen LogP contribution < -0.4 is 11.1 Å². The molecule has 2 atom stereocenters. The smallest absolute Gasteiger partial charge is 0.381 e. The fourth-order valence-electron chi connectivity index (χ4n) is 5.95. The van der Waals surface area contributed by atoms with Gasteiger partial charge in [0.2, 0.25) is 11.8 Å². The highest BCUT2D eigenvalue weighted by molar-refractivity contribution is 5.95. The van der Waals surface area contributed by atoms with E-state index in [2.05, 4.69) is 19.2 Å². The number of halogens is 3. The molecule has 6 nitrogen and oxygen atoms in total. The van der Waals surface area contributed by atoms with Crippen molar-refractivity contribution in [3.05, 3.63) is 34.4 Å². The molecule has 0 spiro atoms. The van der Waals surface area contributed by atoms with Crippen molar-refractivity contribution in [3.63, 3.8) is 0 Å². The molecule has 4 rings (SSSR count). The molecule has 0 unspecified atom stereocenters. The number of carbonyl (C=O) groups is 2. The van der Waals surface area contributed by atoms with Gasteiger partial charge in [0.05, 0.1) is 11.0 Å². The Balaban J connectivity index is 1.55. The largest absolute Gasteiger partial charge is 0.416 e. The lowest BCUT2D eigenvalue weighted by Crippen LogP contribution is -2.49. The number of hydrogen-bond acceptors (Lipinski definition) is 4. The zero-order valence-corrected chi connectivity index (χ0v) is 19.8. The number of fused-ring (bicyclic) bond motifs is 1. The molecule has 3 N–H and O–H groups in total. The fourth-order valence-corrected chi connectivity index (χ4v) is 5.95. The maximum Gasteiger partial charge on any atom is 0.416 e. The van der Waals surface area contributed by atoms with Crippen LogP contribution in [0.1, 0.15) is 73.0 Å². The fraction of sp³-hybridized carbons (Fsp3) is 0.680. The average molecular weight is 482 g/mol. The van der Waals surface area contributed by atoms with E-state index >= 15 is 0 Å². The van der Waals surface area contributed by atoms with Crippen LogP contribution >= 0.6 is 0 Å². The molecule has 2 amide bonds. The quantitative estimate of drug-likeness (QED) is 0.673. The van der Waals surface area contributed by atoms with Gasteiger partial charge >= 0.3 is 6.18 Å². The first-order chi connectivity index (χ1) is 16.0. The van der Waals surface area contributed by atoms with Crippen molar-refractivity contribution in [3.8, 4) is 0 Å². The molecule has 3 aliphatic rings. The minimum absolute atomic E-state index is 0.00228. The third-order valence-corrected chi connectivity index (χ3v) is 7.99. The van der Waals surface area contributed by atoms with Gasteiger partial charge in [-0.05, 0) is 67.7 Å². The molecule has 2 fully saturated rings. The van der Waals surface area contributed by atoms with Gasteiger partial charge in [-0.15, -0.1) is 0 Å². The number of nitrogens with one attached hydrogen (secondary N) is 1. The summed E-state index contributed by atoms with van der Waals surface area (Å²) in [5.41, 5.74) is 4.72. The molecule has 0 bridgehead atoms. The maximum atomic E-state index is 13.9. The molecular formula is C25H34F3N3O3. The van der Waals surface area contributed by atoms with Gasteiger partial charge < -0.3 is 20.7 Å². The van der Waals surface area contributed by atoms with Gasteiger partial charge in [0.1, 0.15) is 0 Å². The van der Waals surface area contributed by atoms with E-state index in [0.717, 1.165) is 57.5 Å². The summed E-state index contributed by atoms with van der Waals surface area (Å²) < 4.78 is 45.8. The number of hydrogen-bond donors (Lipinski definition) is 2. The van der Waals surface area contributed by atoms with Crippen LogP contribution in [0.2, 0.25) is 0 Å². The minimum Gasteiger partial charge on any atom is -0.381 e. The van der Waals surface area contributed by atoms with Gasteiger partial charge in [0.25, 0.3) is 0 Å². The molecule has 34 heavy (non-hydrogen) atoms. The second-order valence-corrected chi connectivity index (χ2v) is 10.3. The Morgan fingerprint density at radius 1 is 1.18 bits per heavy atom. The summed E-state index contributed by atoms with van der Waals surface area (Å²) >= 11 is 0. The Labute approximate surface area is 198 Å². The van der Waals surface area contributed by atoms with Gasteiger partial charge in [0.15, 0.2) is 0 Å². The maximum absolute atomic E-state index is 13.9. The molecule has 2 heterocycles. The van der Waals surface area contributed by atoms with Crippen molar-refractivity contribution in [2.24, 2.45) is 17.1 Å². The van der Waals surface area contributed by atoms with Crippen molar-refractivity contribution < 1.29 is 27.5 Å². The van der Waals surface area contributed by atoms with E-state index < -0.39 is 23.1 Å². The molecule has 1 aromatic carbocycles. The first-order valence-electron chi connectivity index (χ1n) is 12.2. The third kappa shape index (κ3) is 4.82. The number of benzene rings is 1. The van der Waals surface area contributed by atoms with Gasteiger partial charge in [-0.25, -0.2) is 0 Å². The van der Waals surface area contributed by atoms with Gasteiger partial charge in [-0.1, -0.05) is 13.8 Å². The number of nitrogens with two attached hydrogens (primary N) is 1. The van der Waals surface area contributed by atoms with Crippen LogP contribution in [0.25, 0.3) is 0 Å². The van der Waals surface area contributed by atoms with Crippen LogP contribution in [-0.2, 0) is 28.7 Å². The van der Waals surface area contributed by atoms with E-state index in [1.54, 1.807) is 4.90 Å². The number of alkyl halides is 3. The van der Waals surface area contributed by atoms with Gasteiger partial charge in [0, 0.05) is 44.0 Å². The van der Waals surface area contributed by atoms with E-state index in [9.17, 15) is 22.8 Å². The summed E-state index contributed by atoms with van der Waals surface area (Å²) in [6, 6.07) is 2.53. The molecule has 1 aromatic rings. The molecule has 0 radical (unpaired) electrons. The predicted octanol–water partition coefficient (Wildman–Crippen LogP) is 3.65. The Hall–Kier alpha value is -2.13. The minimum atomic E-state index is -4.60. The summed E-state index contributed by atoms with van der Waals surface area (Å²) in [6.45, 7) is 6.03. The van der Waals surface area contributed by atoms with Crippen LogP contribution in [0, 0.1) is 11.3 Å². The van der Waals surface area contributed by atoms with Crippen molar-refractivity contribution in [2.45, 2.75) is 77.2 Å². The number of primary amides is 1. The molecule has 188 valence electrons. The van der Waals surface area contributed by atoms with Crippen LogP contribution in [0.5, 0.6) is 0 Å². The predicted molar refractivity (Wildman–Crippen MR) is 121 cm³/mol. The average Bonchev–Trinajstić information content (AvgIpc) is 3.22. The molecule has 1 saturated carbocycles. The second-order valence-electron chi connectivity index (χ2n) is 10.3. The monoisotopic (exact) mass is 481 g/mol. The summed E-state index contributed by atoms with van der Waals surface area (Å²) in [5.74, 6) is -0.772. The van der Waals surface area contributed by atoms with E-state index in [4.69, 9.17) is 10.5 Å².